The number of rotatable bonds is 4. The van der Waals surface area contributed by atoms with Gasteiger partial charge in [-0.2, -0.15) is 4.98 Å². The molecule has 0 radical (unpaired) electrons. The van der Waals surface area contributed by atoms with Crippen LogP contribution in [-0.2, 0) is 6.42 Å². The summed E-state index contributed by atoms with van der Waals surface area (Å²) in [6.07, 6.45) is 4.18. The van der Waals surface area contributed by atoms with Crippen LogP contribution in [-0.4, -0.2) is 30.7 Å². The predicted octanol–water partition coefficient (Wildman–Crippen LogP) is 2.72. The van der Waals surface area contributed by atoms with Gasteiger partial charge in [-0.25, -0.2) is 4.98 Å². The van der Waals surface area contributed by atoms with Crippen LogP contribution in [0.15, 0.2) is 35.1 Å². The number of pyridine rings is 1. The van der Waals surface area contributed by atoms with Gasteiger partial charge in [0.25, 0.3) is 0 Å². The Hall–Kier alpha value is -2.21. The summed E-state index contributed by atoms with van der Waals surface area (Å²) < 4.78 is 7.16. The van der Waals surface area contributed by atoms with Crippen LogP contribution in [0.4, 0.5) is 0 Å². The highest BCUT2D eigenvalue weighted by Crippen LogP contribution is 2.23. The van der Waals surface area contributed by atoms with Gasteiger partial charge in [-0.3, -0.25) is 4.40 Å². The van der Waals surface area contributed by atoms with E-state index in [9.17, 15) is 5.11 Å². The van der Waals surface area contributed by atoms with Gasteiger partial charge in [0, 0.05) is 6.20 Å². The summed E-state index contributed by atoms with van der Waals surface area (Å²) in [6, 6.07) is 5.76. The molecule has 0 aliphatic carbocycles. The average Bonchev–Trinajstić information content (AvgIpc) is 3.02. The molecule has 0 bridgehead atoms. The molecule has 0 amide bonds. The van der Waals surface area contributed by atoms with E-state index in [1.807, 2.05) is 28.8 Å². The van der Waals surface area contributed by atoms with Gasteiger partial charge >= 0.3 is 0 Å². The second kappa shape index (κ2) is 5.53. The number of aliphatic hydroxyl groups excluding tert-OH is 1. The lowest BCUT2D eigenvalue weighted by Crippen LogP contribution is -2.19. The number of fused-ring (bicyclic) bond motifs is 1. The van der Waals surface area contributed by atoms with Crippen molar-refractivity contribution in [3.8, 4) is 11.5 Å². The van der Waals surface area contributed by atoms with E-state index in [0.29, 0.717) is 24.6 Å². The van der Waals surface area contributed by atoms with Crippen LogP contribution in [0.1, 0.15) is 33.1 Å². The molecule has 6 heteroatoms. The number of hydrogen-bond donors (Lipinski definition) is 1. The Bertz CT molecular complexity index is 770. The Labute approximate surface area is 128 Å². The van der Waals surface area contributed by atoms with Crippen molar-refractivity contribution in [1.82, 2.24) is 19.5 Å². The summed E-state index contributed by atoms with van der Waals surface area (Å²) in [5.74, 6) is 0.925. The SMILES string of the molecule is CC(C)(C)CC(O)Cc1nc(-c2cnc3ccccn23)no1. The number of aromatic nitrogens is 4. The molecule has 0 aliphatic heterocycles. The molecule has 0 aromatic carbocycles. The molecule has 116 valence electrons. The number of imidazole rings is 1. The van der Waals surface area contributed by atoms with E-state index >= 15 is 0 Å². The highest BCUT2D eigenvalue weighted by molar-refractivity contribution is 5.56. The standard InChI is InChI=1S/C16H20N4O2/c1-16(2,3)9-11(21)8-14-18-15(19-22-14)12-10-17-13-6-4-5-7-20(12)13/h4-7,10-11,21H,8-9H2,1-3H3. The van der Waals surface area contributed by atoms with Gasteiger partial charge in [-0.1, -0.05) is 32.0 Å². The van der Waals surface area contributed by atoms with E-state index in [2.05, 4.69) is 35.9 Å². The Balaban J connectivity index is 1.79. The van der Waals surface area contributed by atoms with Crippen molar-refractivity contribution >= 4 is 5.65 Å². The Morgan fingerprint density at radius 1 is 1.32 bits per heavy atom. The minimum Gasteiger partial charge on any atom is -0.393 e. The molecule has 0 saturated carbocycles. The summed E-state index contributed by atoms with van der Waals surface area (Å²) in [4.78, 5) is 8.68. The maximum atomic E-state index is 10.1. The van der Waals surface area contributed by atoms with Crippen molar-refractivity contribution in [3.05, 3.63) is 36.5 Å². The number of nitrogens with zero attached hydrogens (tertiary/aromatic N) is 4. The fourth-order valence-electron chi connectivity index (χ4n) is 2.52. The highest BCUT2D eigenvalue weighted by atomic mass is 16.5. The number of hydrogen-bond acceptors (Lipinski definition) is 5. The first kappa shape index (κ1) is 14.7. The van der Waals surface area contributed by atoms with Gasteiger partial charge in [0.15, 0.2) is 0 Å². The topological polar surface area (TPSA) is 76.5 Å². The third-order valence-corrected chi connectivity index (χ3v) is 3.37. The van der Waals surface area contributed by atoms with Gasteiger partial charge in [-0.05, 0) is 24.0 Å². The van der Waals surface area contributed by atoms with E-state index in [1.54, 1.807) is 6.20 Å². The smallest absolute Gasteiger partial charge is 0.229 e. The van der Waals surface area contributed by atoms with Crippen molar-refractivity contribution in [2.45, 2.75) is 39.7 Å². The minimum absolute atomic E-state index is 0.0594. The van der Waals surface area contributed by atoms with Gasteiger partial charge in [-0.15, -0.1) is 0 Å². The van der Waals surface area contributed by atoms with Crippen molar-refractivity contribution in [3.63, 3.8) is 0 Å². The Kier molecular flexibility index (Phi) is 3.70. The predicted molar refractivity (Wildman–Crippen MR) is 82.3 cm³/mol. The van der Waals surface area contributed by atoms with Gasteiger partial charge in [0.2, 0.25) is 11.7 Å². The second-order valence-corrected chi connectivity index (χ2v) is 6.71. The molecular formula is C16H20N4O2. The van der Waals surface area contributed by atoms with Gasteiger partial charge < -0.3 is 9.63 Å². The fraction of sp³-hybridized carbons (Fsp3) is 0.438. The van der Waals surface area contributed by atoms with Crippen LogP contribution in [0.3, 0.4) is 0 Å². The zero-order valence-electron chi connectivity index (χ0n) is 13.0. The largest absolute Gasteiger partial charge is 0.393 e. The van der Waals surface area contributed by atoms with Crippen LogP contribution in [0, 0.1) is 5.41 Å². The molecule has 0 aliphatic rings. The zero-order valence-corrected chi connectivity index (χ0v) is 13.0. The molecular weight excluding hydrogens is 280 g/mol. The maximum Gasteiger partial charge on any atom is 0.229 e. The van der Waals surface area contributed by atoms with Crippen LogP contribution in [0.25, 0.3) is 17.2 Å². The Morgan fingerprint density at radius 3 is 2.91 bits per heavy atom. The molecule has 22 heavy (non-hydrogen) atoms. The summed E-state index contributed by atoms with van der Waals surface area (Å²) in [7, 11) is 0. The highest BCUT2D eigenvalue weighted by Gasteiger charge is 2.20. The lowest BCUT2D eigenvalue weighted by Gasteiger charge is -2.21. The van der Waals surface area contributed by atoms with Crippen LogP contribution in [0.5, 0.6) is 0 Å². The lowest BCUT2D eigenvalue weighted by molar-refractivity contribution is 0.113. The number of aliphatic hydroxyl groups is 1. The summed E-state index contributed by atoms with van der Waals surface area (Å²) in [6.45, 7) is 6.27. The van der Waals surface area contributed by atoms with E-state index in [-0.39, 0.29) is 5.41 Å². The molecule has 3 aromatic rings. The van der Waals surface area contributed by atoms with Crippen molar-refractivity contribution in [2.75, 3.05) is 0 Å². The van der Waals surface area contributed by atoms with E-state index in [1.165, 1.54) is 0 Å². The normalized spacial score (nSPS) is 13.6. The molecule has 1 N–H and O–H groups in total. The summed E-state index contributed by atoms with van der Waals surface area (Å²) in [5.41, 5.74) is 1.66. The van der Waals surface area contributed by atoms with Crippen molar-refractivity contribution in [1.29, 1.82) is 0 Å². The molecule has 1 unspecified atom stereocenters. The molecule has 0 spiro atoms. The van der Waals surface area contributed by atoms with E-state index < -0.39 is 6.10 Å². The summed E-state index contributed by atoms with van der Waals surface area (Å²) in [5, 5.41) is 14.1. The molecule has 3 heterocycles. The molecule has 1 atom stereocenters. The molecule has 6 nitrogen and oxygen atoms in total. The Morgan fingerprint density at radius 2 is 2.14 bits per heavy atom. The van der Waals surface area contributed by atoms with Gasteiger partial charge in [0.05, 0.1) is 18.7 Å². The third-order valence-electron chi connectivity index (χ3n) is 3.37. The van der Waals surface area contributed by atoms with Crippen molar-refractivity contribution < 1.29 is 9.63 Å². The first-order valence-electron chi connectivity index (χ1n) is 7.35. The van der Waals surface area contributed by atoms with Crippen LogP contribution in [0.2, 0.25) is 0 Å². The fourth-order valence-corrected chi connectivity index (χ4v) is 2.52. The molecule has 0 saturated heterocycles. The van der Waals surface area contributed by atoms with Crippen LogP contribution < -0.4 is 0 Å². The first-order valence-corrected chi connectivity index (χ1v) is 7.35. The second-order valence-electron chi connectivity index (χ2n) is 6.71. The van der Waals surface area contributed by atoms with E-state index in [0.717, 1.165) is 11.3 Å². The summed E-state index contributed by atoms with van der Waals surface area (Å²) >= 11 is 0. The van der Waals surface area contributed by atoms with Crippen LogP contribution >= 0.6 is 0 Å². The maximum absolute atomic E-state index is 10.1. The lowest BCUT2D eigenvalue weighted by atomic mass is 9.88. The molecule has 3 aromatic heterocycles. The quantitative estimate of drug-likeness (QED) is 0.801. The molecule has 3 rings (SSSR count). The zero-order chi connectivity index (χ0) is 15.7. The third kappa shape index (κ3) is 3.17. The average molecular weight is 300 g/mol. The first-order chi connectivity index (χ1) is 10.4. The van der Waals surface area contributed by atoms with E-state index in [4.69, 9.17) is 4.52 Å². The molecule has 0 fully saturated rings. The van der Waals surface area contributed by atoms with Gasteiger partial charge in [0.1, 0.15) is 11.3 Å². The monoisotopic (exact) mass is 300 g/mol. The minimum atomic E-state index is -0.490. The van der Waals surface area contributed by atoms with Crippen molar-refractivity contribution in [2.24, 2.45) is 5.41 Å².